The Morgan fingerprint density at radius 1 is 1.06 bits per heavy atom. The van der Waals surface area contributed by atoms with E-state index < -0.39 is 5.91 Å². The quantitative estimate of drug-likeness (QED) is 0.502. The highest BCUT2D eigenvalue weighted by Gasteiger charge is 2.19. The predicted molar refractivity (Wildman–Crippen MR) is 117 cm³/mol. The van der Waals surface area contributed by atoms with Crippen LogP contribution in [0.15, 0.2) is 35.3 Å². The van der Waals surface area contributed by atoms with Gasteiger partial charge in [-0.3, -0.25) is 9.59 Å². The van der Waals surface area contributed by atoms with Gasteiger partial charge in [0, 0.05) is 30.3 Å². The van der Waals surface area contributed by atoms with Gasteiger partial charge in [-0.05, 0) is 19.1 Å². The molecule has 2 aromatic carbocycles. The zero-order chi connectivity index (χ0) is 22.7. The van der Waals surface area contributed by atoms with Crippen LogP contribution in [0.4, 0.5) is 0 Å². The third-order valence-corrected chi connectivity index (χ3v) is 5.86. The highest BCUT2D eigenvalue weighted by atomic mass is 32.1. The van der Waals surface area contributed by atoms with Crippen LogP contribution in [0.25, 0.3) is 10.2 Å². The molecule has 3 aromatic rings. The Balaban J connectivity index is 1.78. The summed E-state index contributed by atoms with van der Waals surface area (Å²) < 4.78 is 29.2. The summed E-state index contributed by atoms with van der Waals surface area (Å²) in [5.41, 5.74) is 1.11. The number of aromatic nitrogens is 1. The van der Waals surface area contributed by atoms with Gasteiger partial charge in [-0.25, -0.2) is 0 Å². The number of hydrogen-bond acceptors (Lipinski definition) is 8. The molecule has 1 amide bonds. The minimum absolute atomic E-state index is 0.141. The van der Waals surface area contributed by atoms with Crippen LogP contribution in [0.1, 0.15) is 23.7 Å². The third kappa shape index (κ3) is 4.40. The minimum Gasteiger partial charge on any atom is -0.497 e. The number of aryl methyl sites for hydroxylation is 1. The molecule has 9 nitrogen and oxygen atoms in total. The van der Waals surface area contributed by atoms with Gasteiger partial charge in [0.2, 0.25) is 6.79 Å². The van der Waals surface area contributed by atoms with Gasteiger partial charge in [0.05, 0.1) is 37.5 Å². The van der Waals surface area contributed by atoms with Crippen LogP contribution < -0.4 is 23.7 Å². The van der Waals surface area contributed by atoms with Crippen LogP contribution in [0.3, 0.4) is 0 Å². The second-order valence-corrected chi connectivity index (χ2v) is 7.79. The van der Waals surface area contributed by atoms with Gasteiger partial charge in [-0.2, -0.15) is 4.99 Å². The smallest absolute Gasteiger partial charge is 0.307 e. The van der Waals surface area contributed by atoms with Crippen LogP contribution in [-0.4, -0.2) is 44.1 Å². The lowest BCUT2D eigenvalue weighted by Crippen LogP contribution is -2.19. The zero-order valence-corrected chi connectivity index (χ0v) is 18.7. The molecule has 0 aliphatic carbocycles. The summed E-state index contributed by atoms with van der Waals surface area (Å²) in [6.07, 6.45) is 0.141. The van der Waals surface area contributed by atoms with Gasteiger partial charge in [-0.1, -0.05) is 11.3 Å². The normalized spacial score (nSPS) is 12.8. The van der Waals surface area contributed by atoms with E-state index in [4.69, 9.17) is 23.7 Å². The van der Waals surface area contributed by atoms with E-state index in [-0.39, 0.29) is 19.2 Å². The van der Waals surface area contributed by atoms with Crippen molar-refractivity contribution in [1.82, 2.24) is 4.57 Å². The molecule has 1 aromatic heterocycles. The monoisotopic (exact) mass is 458 g/mol. The Labute approximate surface area is 187 Å². The van der Waals surface area contributed by atoms with Gasteiger partial charge >= 0.3 is 5.97 Å². The van der Waals surface area contributed by atoms with Crippen LogP contribution in [0, 0.1) is 0 Å². The summed E-state index contributed by atoms with van der Waals surface area (Å²) in [7, 11) is 3.03. The molecule has 32 heavy (non-hydrogen) atoms. The molecule has 10 heteroatoms. The van der Waals surface area contributed by atoms with Crippen LogP contribution >= 0.6 is 11.3 Å². The first kappa shape index (κ1) is 21.7. The first-order valence-electron chi connectivity index (χ1n) is 9.93. The Morgan fingerprint density at radius 2 is 1.75 bits per heavy atom. The van der Waals surface area contributed by atoms with Crippen molar-refractivity contribution in [3.05, 3.63) is 40.7 Å². The molecule has 0 fully saturated rings. The summed E-state index contributed by atoms with van der Waals surface area (Å²) in [4.78, 5) is 29.7. The number of thiazole rings is 1. The maximum Gasteiger partial charge on any atom is 0.307 e. The highest BCUT2D eigenvalue weighted by Crippen LogP contribution is 2.37. The van der Waals surface area contributed by atoms with Crippen LogP contribution in [0.5, 0.6) is 23.0 Å². The minimum atomic E-state index is -0.460. The Bertz CT molecular complexity index is 1220. The lowest BCUT2D eigenvalue weighted by Gasteiger charge is -2.07. The molecule has 1 aliphatic heterocycles. The molecule has 0 atom stereocenters. The average molecular weight is 458 g/mol. The van der Waals surface area contributed by atoms with Crippen molar-refractivity contribution in [1.29, 1.82) is 0 Å². The highest BCUT2D eigenvalue weighted by molar-refractivity contribution is 7.16. The molecular formula is C22H22N2O7S. The van der Waals surface area contributed by atoms with Crippen molar-refractivity contribution >= 4 is 33.4 Å². The molecule has 0 N–H and O–H groups in total. The molecule has 0 unspecified atom stereocenters. The number of nitrogens with zero attached hydrogens (tertiary/aromatic N) is 2. The van der Waals surface area contributed by atoms with E-state index in [0.29, 0.717) is 46.5 Å². The maximum absolute atomic E-state index is 13.0. The lowest BCUT2D eigenvalue weighted by atomic mass is 10.2. The number of methoxy groups -OCH3 is 2. The number of amides is 1. The summed E-state index contributed by atoms with van der Waals surface area (Å²) in [5, 5.41) is 0. The van der Waals surface area contributed by atoms with E-state index in [2.05, 4.69) is 4.99 Å². The number of rotatable bonds is 7. The summed E-state index contributed by atoms with van der Waals surface area (Å²) in [5.74, 6) is 1.43. The van der Waals surface area contributed by atoms with Crippen molar-refractivity contribution in [2.45, 2.75) is 19.9 Å². The number of carbonyl (C=O) groups excluding carboxylic acids is 2. The average Bonchev–Trinajstić information content (AvgIpc) is 3.39. The number of hydrogen-bond donors (Lipinski definition) is 0. The number of ether oxygens (including phenoxy) is 5. The van der Waals surface area contributed by atoms with Gasteiger partial charge in [0.25, 0.3) is 5.91 Å². The summed E-state index contributed by atoms with van der Waals surface area (Å²) >= 11 is 1.32. The van der Waals surface area contributed by atoms with E-state index in [1.165, 1.54) is 25.6 Å². The molecule has 0 saturated carbocycles. The van der Waals surface area contributed by atoms with E-state index in [0.717, 1.165) is 10.2 Å². The molecule has 0 saturated heterocycles. The van der Waals surface area contributed by atoms with Crippen LogP contribution in [0.2, 0.25) is 0 Å². The standard InChI is InChI=1S/C22H22N2O7S/c1-4-29-20(25)5-6-24-16-10-17-18(31-12-30-17)11-19(16)32-22(24)23-21(26)13-7-14(27-2)9-15(8-13)28-3/h7-11H,4-6,12H2,1-3H3. The summed E-state index contributed by atoms with van der Waals surface area (Å²) in [6.45, 7) is 2.52. The topological polar surface area (TPSA) is 97.6 Å². The van der Waals surface area contributed by atoms with Crippen LogP contribution in [-0.2, 0) is 16.1 Å². The van der Waals surface area contributed by atoms with Crippen molar-refractivity contribution in [3.63, 3.8) is 0 Å². The number of carbonyl (C=O) groups is 2. The fourth-order valence-corrected chi connectivity index (χ4v) is 4.34. The van der Waals surface area contributed by atoms with E-state index in [1.807, 2.05) is 16.7 Å². The van der Waals surface area contributed by atoms with Crippen molar-refractivity contribution in [3.8, 4) is 23.0 Å². The first-order chi connectivity index (χ1) is 15.5. The predicted octanol–water partition coefficient (Wildman–Crippen LogP) is 3.14. The molecule has 168 valence electrons. The van der Waals surface area contributed by atoms with E-state index in [1.54, 1.807) is 25.1 Å². The SMILES string of the molecule is CCOC(=O)CCn1c(=NC(=O)c2cc(OC)cc(OC)c2)sc2cc3c(cc21)OCO3. The fourth-order valence-electron chi connectivity index (χ4n) is 3.28. The fraction of sp³-hybridized carbons (Fsp3) is 0.318. The first-order valence-corrected chi connectivity index (χ1v) is 10.7. The molecule has 0 bridgehead atoms. The second kappa shape index (κ2) is 9.31. The molecule has 1 aliphatic rings. The van der Waals surface area contributed by atoms with Crippen molar-refractivity contribution in [2.24, 2.45) is 4.99 Å². The Kier molecular flexibility index (Phi) is 6.31. The van der Waals surface area contributed by atoms with Gasteiger partial charge < -0.3 is 28.3 Å². The zero-order valence-electron chi connectivity index (χ0n) is 17.9. The molecule has 0 spiro atoms. The number of fused-ring (bicyclic) bond motifs is 2. The second-order valence-electron chi connectivity index (χ2n) is 6.78. The third-order valence-electron chi connectivity index (χ3n) is 4.82. The lowest BCUT2D eigenvalue weighted by molar-refractivity contribution is -0.143. The van der Waals surface area contributed by atoms with Gasteiger partial charge in [0.1, 0.15) is 11.5 Å². The Morgan fingerprint density at radius 3 is 2.41 bits per heavy atom. The largest absolute Gasteiger partial charge is 0.497 e. The molecule has 2 heterocycles. The van der Waals surface area contributed by atoms with E-state index in [9.17, 15) is 9.59 Å². The molecule has 0 radical (unpaired) electrons. The Hall–Kier alpha value is -3.53. The number of esters is 1. The molecular weight excluding hydrogens is 436 g/mol. The van der Waals surface area contributed by atoms with Crippen molar-refractivity contribution in [2.75, 3.05) is 27.6 Å². The number of benzene rings is 2. The molecule has 4 rings (SSSR count). The van der Waals surface area contributed by atoms with E-state index >= 15 is 0 Å². The van der Waals surface area contributed by atoms with Crippen molar-refractivity contribution < 1.29 is 33.3 Å². The maximum atomic E-state index is 13.0. The van der Waals surface area contributed by atoms with Gasteiger partial charge in [-0.15, -0.1) is 0 Å². The van der Waals surface area contributed by atoms with Gasteiger partial charge in [0.15, 0.2) is 16.3 Å². The summed E-state index contributed by atoms with van der Waals surface area (Å²) in [6, 6.07) is 8.55.